The number of alkyl halides is 6. The van der Waals surface area contributed by atoms with Crippen LogP contribution < -0.4 is 20.9 Å². The van der Waals surface area contributed by atoms with Crippen molar-refractivity contribution in [3.8, 4) is 5.75 Å². The Morgan fingerprint density at radius 3 is 1.79 bits per heavy atom. The quantitative estimate of drug-likeness (QED) is 0.104. The fourth-order valence-corrected chi connectivity index (χ4v) is 3.52. The Kier molecular flexibility index (Phi) is 9.06. The van der Waals surface area contributed by atoms with E-state index in [-0.39, 0.29) is 28.7 Å². The molecule has 0 aliphatic carbocycles. The molecule has 0 radical (unpaired) electrons. The van der Waals surface area contributed by atoms with E-state index in [0.717, 1.165) is 24.6 Å². The highest BCUT2D eigenvalue weighted by molar-refractivity contribution is 5.81. The molecular formula is C27H19F8N7O. The van der Waals surface area contributed by atoms with Crippen molar-refractivity contribution in [1.29, 1.82) is 0 Å². The van der Waals surface area contributed by atoms with Crippen LogP contribution in [0, 0.1) is 11.6 Å². The smallest absolute Gasteiger partial charge is 0.419 e. The number of methoxy groups -OCH3 is 1. The molecule has 4 rings (SSSR count). The molecule has 0 atom stereocenters. The van der Waals surface area contributed by atoms with E-state index >= 15 is 0 Å². The van der Waals surface area contributed by atoms with Gasteiger partial charge in [0.2, 0.25) is 5.95 Å². The van der Waals surface area contributed by atoms with Gasteiger partial charge in [-0.3, -0.25) is 5.43 Å². The lowest BCUT2D eigenvalue weighted by Crippen LogP contribution is -2.09. The maximum atomic E-state index is 13.6. The second kappa shape index (κ2) is 12.7. The number of para-hydroxylation sites is 2. The van der Waals surface area contributed by atoms with Crippen molar-refractivity contribution in [3.63, 3.8) is 0 Å². The Morgan fingerprint density at radius 2 is 1.23 bits per heavy atom. The Balaban J connectivity index is 1.60. The molecule has 8 nitrogen and oxygen atoms in total. The van der Waals surface area contributed by atoms with E-state index < -0.39 is 35.1 Å². The number of halogens is 8. The maximum Gasteiger partial charge on any atom is 0.419 e. The Labute approximate surface area is 238 Å². The predicted octanol–water partition coefficient (Wildman–Crippen LogP) is 7.44. The summed E-state index contributed by atoms with van der Waals surface area (Å²) in [5.74, 6) is -2.46. The van der Waals surface area contributed by atoms with Crippen LogP contribution in [0.2, 0.25) is 0 Å². The highest BCUT2D eigenvalue weighted by Gasteiger charge is 2.34. The molecule has 0 saturated heterocycles. The van der Waals surface area contributed by atoms with Crippen LogP contribution in [0.3, 0.4) is 0 Å². The van der Waals surface area contributed by atoms with Crippen LogP contribution in [-0.2, 0) is 12.4 Å². The molecule has 1 heterocycles. The molecule has 1 aromatic heterocycles. The third kappa shape index (κ3) is 8.15. The van der Waals surface area contributed by atoms with Gasteiger partial charge in [0, 0.05) is 6.07 Å². The first-order chi connectivity index (χ1) is 20.3. The fraction of sp³-hybridized carbons (Fsp3) is 0.111. The van der Waals surface area contributed by atoms with Gasteiger partial charge < -0.3 is 10.1 Å². The summed E-state index contributed by atoms with van der Waals surface area (Å²) in [4.78, 5) is 8.33. The summed E-state index contributed by atoms with van der Waals surface area (Å²) in [7, 11) is 1.45. The Bertz CT molecular complexity index is 1560. The number of hydrazone groups is 2. The van der Waals surface area contributed by atoms with Crippen LogP contribution in [0.25, 0.3) is 0 Å². The number of benzene rings is 3. The molecule has 224 valence electrons. The highest BCUT2D eigenvalue weighted by Crippen LogP contribution is 2.33. The molecule has 0 aliphatic heterocycles. The van der Waals surface area contributed by atoms with E-state index in [1.165, 1.54) is 13.2 Å². The van der Waals surface area contributed by atoms with Crippen LogP contribution in [-0.4, -0.2) is 29.5 Å². The molecule has 0 unspecified atom stereocenters. The van der Waals surface area contributed by atoms with Gasteiger partial charge in [-0.25, -0.2) is 14.2 Å². The number of anilines is 4. The summed E-state index contributed by atoms with van der Waals surface area (Å²) in [5.41, 5.74) is 2.37. The van der Waals surface area contributed by atoms with E-state index in [0.29, 0.717) is 35.7 Å². The monoisotopic (exact) mass is 609 g/mol. The van der Waals surface area contributed by atoms with Crippen LogP contribution in [0.4, 0.5) is 58.4 Å². The van der Waals surface area contributed by atoms with Crippen molar-refractivity contribution in [2.24, 2.45) is 10.2 Å². The topological polar surface area (TPSA) is 95.8 Å². The number of nitrogens with zero attached hydrogens (tertiary/aromatic N) is 4. The molecule has 3 aromatic carbocycles. The number of nitrogens with one attached hydrogen (secondary N) is 3. The van der Waals surface area contributed by atoms with E-state index in [9.17, 15) is 35.1 Å². The first kappa shape index (κ1) is 30.7. The molecule has 0 fully saturated rings. The zero-order valence-corrected chi connectivity index (χ0v) is 21.7. The second-order valence-electron chi connectivity index (χ2n) is 8.50. The SMILES string of the molecule is COc1ccccc1Nc1cc(NN=Cc2ccc(F)c(C(F)(F)F)c2)nc(NN=Cc2ccc(F)c(C(F)(F)F)c2)n1. The minimum absolute atomic E-state index is 0.000597. The van der Waals surface area contributed by atoms with Crippen molar-refractivity contribution in [1.82, 2.24) is 9.97 Å². The normalized spacial score (nSPS) is 12.1. The number of ether oxygens (including phenoxy) is 1. The van der Waals surface area contributed by atoms with Gasteiger partial charge >= 0.3 is 12.4 Å². The zero-order valence-electron chi connectivity index (χ0n) is 21.7. The first-order valence-electron chi connectivity index (χ1n) is 11.9. The molecule has 0 aliphatic rings. The van der Waals surface area contributed by atoms with Gasteiger partial charge in [0.05, 0.1) is 36.4 Å². The molecule has 16 heteroatoms. The van der Waals surface area contributed by atoms with Gasteiger partial charge in [-0.1, -0.05) is 24.3 Å². The summed E-state index contributed by atoms with van der Waals surface area (Å²) in [6.07, 6.45) is -7.83. The summed E-state index contributed by atoms with van der Waals surface area (Å²) in [5, 5.41) is 10.6. The highest BCUT2D eigenvalue weighted by atomic mass is 19.4. The summed E-state index contributed by atoms with van der Waals surface area (Å²) >= 11 is 0. The van der Waals surface area contributed by atoms with Crippen molar-refractivity contribution in [2.45, 2.75) is 12.4 Å². The van der Waals surface area contributed by atoms with Gasteiger partial charge in [-0.05, 0) is 47.5 Å². The van der Waals surface area contributed by atoms with Gasteiger partial charge in [-0.15, -0.1) is 0 Å². The van der Waals surface area contributed by atoms with Crippen molar-refractivity contribution < 1.29 is 39.9 Å². The molecule has 43 heavy (non-hydrogen) atoms. The maximum absolute atomic E-state index is 13.6. The predicted molar refractivity (Wildman–Crippen MR) is 144 cm³/mol. The van der Waals surface area contributed by atoms with Gasteiger partial charge in [0.15, 0.2) is 5.82 Å². The Hall–Kier alpha value is -5.28. The third-order valence-electron chi connectivity index (χ3n) is 5.46. The van der Waals surface area contributed by atoms with Crippen molar-refractivity contribution in [3.05, 3.63) is 101 Å². The molecular weight excluding hydrogens is 590 g/mol. The number of hydrogen-bond donors (Lipinski definition) is 3. The number of aromatic nitrogens is 2. The van der Waals surface area contributed by atoms with Crippen molar-refractivity contribution in [2.75, 3.05) is 23.3 Å². The molecule has 0 spiro atoms. The molecule has 4 aromatic rings. The van der Waals surface area contributed by atoms with Gasteiger partial charge in [0.1, 0.15) is 23.2 Å². The van der Waals surface area contributed by atoms with E-state index in [1.54, 1.807) is 24.3 Å². The fourth-order valence-electron chi connectivity index (χ4n) is 3.52. The minimum Gasteiger partial charge on any atom is -0.495 e. The lowest BCUT2D eigenvalue weighted by Gasteiger charge is -2.12. The van der Waals surface area contributed by atoms with Crippen LogP contribution in [0.5, 0.6) is 5.75 Å². The average Bonchev–Trinajstić information content (AvgIpc) is 2.94. The zero-order chi connectivity index (χ0) is 31.2. The molecule has 3 N–H and O–H groups in total. The first-order valence-corrected chi connectivity index (χ1v) is 11.9. The van der Waals surface area contributed by atoms with Gasteiger partial charge in [-0.2, -0.15) is 46.5 Å². The van der Waals surface area contributed by atoms with Crippen LogP contribution in [0.15, 0.2) is 76.9 Å². The van der Waals surface area contributed by atoms with Crippen LogP contribution in [0.1, 0.15) is 22.3 Å². The van der Waals surface area contributed by atoms with Crippen LogP contribution >= 0.6 is 0 Å². The molecule has 0 amide bonds. The summed E-state index contributed by atoms with van der Waals surface area (Å²) in [6.45, 7) is 0. The lowest BCUT2D eigenvalue weighted by atomic mass is 10.1. The van der Waals surface area contributed by atoms with E-state index in [4.69, 9.17) is 4.74 Å². The Morgan fingerprint density at radius 1 is 0.698 bits per heavy atom. The van der Waals surface area contributed by atoms with Gasteiger partial charge in [0.25, 0.3) is 0 Å². The number of hydrogen-bond acceptors (Lipinski definition) is 8. The lowest BCUT2D eigenvalue weighted by molar-refractivity contribution is -0.140. The minimum atomic E-state index is -4.91. The summed E-state index contributed by atoms with van der Waals surface area (Å²) in [6, 6.07) is 12.8. The van der Waals surface area contributed by atoms with E-state index in [2.05, 4.69) is 36.3 Å². The number of rotatable bonds is 9. The third-order valence-corrected chi connectivity index (χ3v) is 5.46. The summed E-state index contributed by atoms with van der Waals surface area (Å²) < 4.78 is 111. The average molecular weight is 609 g/mol. The molecule has 0 saturated carbocycles. The molecule has 0 bridgehead atoms. The second-order valence-corrected chi connectivity index (χ2v) is 8.50. The largest absolute Gasteiger partial charge is 0.495 e. The standard InChI is InChI=1S/C27H19F8N7O/c1-43-22-5-3-2-4-21(22)38-23-12-24(41-36-13-15-6-8-19(28)17(10-15)26(30,31)32)40-25(39-23)42-37-14-16-7-9-20(29)18(11-16)27(33,34)35/h2-14H,1H3,(H3,38,39,40,41,42). The van der Waals surface area contributed by atoms with Crippen molar-refractivity contribution >= 4 is 35.7 Å². The van der Waals surface area contributed by atoms with E-state index in [1.807, 2.05) is 0 Å².